The average molecular weight is 211 g/mol. The molecule has 2 aromatic rings. The Balaban J connectivity index is 2.33. The van der Waals surface area contributed by atoms with E-state index in [-0.39, 0.29) is 5.91 Å². The van der Waals surface area contributed by atoms with Gasteiger partial charge in [-0.3, -0.25) is 9.78 Å². The molecule has 1 radical (unpaired) electrons. The molecule has 0 spiro atoms. The largest absolute Gasteiger partial charge is 0.326 e. The van der Waals surface area contributed by atoms with Crippen LogP contribution < -0.4 is 5.32 Å². The molecule has 79 valence electrons. The van der Waals surface area contributed by atoms with Crippen LogP contribution in [0.5, 0.6) is 0 Å². The van der Waals surface area contributed by atoms with E-state index < -0.39 is 0 Å². The Kier molecular flexibility index (Phi) is 2.96. The van der Waals surface area contributed by atoms with E-state index >= 15 is 0 Å². The number of amides is 1. The Bertz CT molecular complexity index is 494. The van der Waals surface area contributed by atoms with Crippen LogP contribution in [0.3, 0.4) is 0 Å². The number of pyridine rings is 1. The van der Waals surface area contributed by atoms with Crippen LogP contribution in [0, 0.1) is 6.07 Å². The highest BCUT2D eigenvalue weighted by Crippen LogP contribution is 2.21. The number of aromatic nitrogens is 1. The van der Waals surface area contributed by atoms with Crippen molar-refractivity contribution in [1.82, 2.24) is 4.98 Å². The van der Waals surface area contributed by atoms with E-state index in [4.69, 9.17) is 0 Å². The summed E-state index contributed by atoms with van der Waals surface area (Å²) in [5.41, 5.74) is 2.74. The Morgan fingerprint density at radius 3 is 2.75 bits per heavy atom. The second-order valence-electron chi connectivity index (χ2n) is 3.41. The van der Waals surface area contributed by atoms with Crippen molar-refractivity contribution >= 4 is 11.6 Å². The van der Waals surface area contributed by atoms with Gasteiger partial charge in [0.15, 0.2) is 0 Å². The van der Waals surface area contributed by atoms with E-state index in [9.17, 15) is 4.79 Å². The molecule has 1 heterocycles. The highest BCUT2D eigenvalue weighted by atomic mass is 16.1. The number of hydrogen-bond donors (Lipinski definition) is 1. The maximum Gasteiger partial charge on any atom is 0.221 e. The second kappa shape index (κ2) is 4.57. The summed E-state index contributed by atoms with van der Waals surface area (Å²) in [7, 11) is 0. The molecule has 0 unspecified atom stereocenters. The minimum absolute atomic E-state index is 0.0770. The Morgan fingerprint density at radius 2 is 2.06 bits per heavy atom. The zero-order chi connectivity index (χ0) is 11.4. The van der Waals surface area contributed by atoms with Gasteiger partial charge in [-0.25, -0.2) is 0 Å². The predicted molar refractivity (Wildman–Crippen MR) is 62.8 cm³/mol. The number of carbonyl (C=O) groups excluding carboxylic acids is 1. The van der Waals surface area contributed by atoms with Crippen molar-refractivity contribution < 1.29 is 4.79 Å². The van der Waals surface area contributed by atoms with Gasteiger partial charge in [0.05, 0.1) is 0 Å². The summed E-state index contributed by atoms with van der Waals surface area (Å²) in [6, 6.07) is 12.4. The summed E-state index contributed by atoms with van der Waals surface area (Å²) in [5.74, 6) is -0.0770. The molecule has 2 rings (SSSR count). The summed E-state index contributed by atoms with van der Waals surface area (Å²) >= 11 is 0. The Labute approximate surface area is 94.1 Å². The maximum atomic E-state index is 10.9. The number of nitrogens with zero attached hydrogens (tertiary/aromatic N) is 1. The molecule has 16 heavy (non-hydrogen) atoms. The molecule has 0 atom stereocenters. The van der Waals surface area contributed by atoms with E-state index in [1.54, 1.807) is 18.5 Å². The lowest BCUT2D eigenvalue weighted by Crippen LogP contribution is -2.05. The number of benzene rings is 1. The van der Waals surface area contributed by atoms with Crippen LogP contribution in [-0.4, -0.2) is 10.9 Å². The fourth-order valence-electron chi connectivity index (χ4n) is 1.45. The fourth-order valence-corrected chi connectivity index (χ4v) is 1.45. The number of anilines is 1. The predicted octanol–water partition coefficient (Wildman–Crippen LogP) is 2.51. The lowest BCUT2D eigenvalue weighted by atomic mass is 10.1. The summed E-state index contributed by atoms with van der Waals surface area (Å²) in [5, 5.41) is 2.74. The average Bonchev–Trinajstić information content (AvgIpc) is 2.30. The van der Waals surface area contributed by atoms with Crippen molar-refractivity contribution in [2.24, 2.45) is 0 Å². The first-order valence-electron chi connectivity index (χ1n) is 4.95. The van der Waals surface area contributed by atoms with Gasteiger partial charge in [-0.1, -0.05) is 6.07 Å². The number of nitrogens with one attached hydrogen (secondary N) is 1. The third-order valence-corrected chi connectivity index (χ3v) is 2.11. The van der Waals surface area contributed by atoms with Gasteiger partial charge in [0, 0.05) is 25.0 Å². The zero-order valence-corrected chi connectivity index (χ0v) is 8.90. The molecule has 1 aromatic heterocycles. The first kappa shape index (κ1) is 10.4. The van der Waals surface area contributed by atoms with Crippen molar-refractivity contribution in [3.63, 3.8) is 0 Å². The van der Waals surface area contributed by atoms with Crippen LogP contribution in [-0.2, 0) is 4.79 Å². The van der Waals surface area contributed by atoms with Gasteiger partial charge in [0.25, 0.3) is 0 Å². The molecule has 0 saturated carbocycles. The van der Waals surface area contributed by atoms with Gasteiger partial charge in [-0.05, 0) is 41.5 Å². The highest BCUT2D eigenvalue weighted by molar-refractivity contribution is 5.89. The quantitative estimate of drug-likeness (QED) is 0.829. The molecule has 0 aliphatic carbocycles. The second-order valence-corrected chi connectivity index (χ2v) is 3.41. The number of rotatable bonds is 2. The van der Waals surface area contributed by atoms with Crippen molar-refractivity contribution in [1.29, 1.82) is 0 Å². The smallest absolute Gasteiger partial charge is 0.221 e. The maximum absolute atomic E-state index is 10.9. The fraction of sp³-hybridized carbons (Fsp3) is 0.0769. The van der Waals surface area contributed by atoms with E-state index in [0.29, 0.717) is 0 Å². The van der Waals surface area contributed by atoms with Crippen LogP contribution in [0.25, 0.3) is 11.1 Å². The van der Waals surface area contributed by atoms with Crippen LogP contribution in [0.2, 0.25) is 0 Å². The van der Waals surface area contributed by atoms with Gasteiger partial charge in [-0.15, -0.1) is 0 Å². The van der Waals surface area contributed by atoms with Crippen molar-refractivity contribution in [2.75, 3.05) is 5.32 Å². The summed E-state index contributed by atoms with van der Waals surface area (Å²) in [6.07, 6.45) is 3.46. The molecular formula is C13H11N2O. The third-order valence-electron chi connectivity index (χ3n) is 2.11. The topological polar surface area (TPSA) is 42.0 Å². The van der Waals surface area contributed by atoms with Crippen molar-refractivity contribution in [2.45, 2.75) is 6.92 Å². The molecule has 0 saturated heterocycles. The van der Waals surface area contributed by atoms with E-state index in [1.165, 1.54) is 6.92 Å². The standard InChI is InChI=1S/C13H11N2O/c1-10(16)15-13-4-2-3-12(9-13)11-5-7-14-8-6-11/h2,4-9H,1H3,(H,15,16). The van der Waals surface area contributed by atoms with Crippen molar-refractivity contribution in [3.05, 3.63) is 48.8 Å². The van der Waals surface area contributed by atoms with Gasteiger partial charge in [-0.2, -0.15) is 0 Å². The van der Waals surface area contributed by atoms with Gasteiger partial charge >= 0.3 is 0 Å². The molecule has 1 N–H and O–H groups in total. The first-order chi connectivity index (χ1) is 7.75. The molecule has 0 fully saturated rings. The summed E-state index contributed by atoms with van der Waals surface area (Å²) in [4.78, 5) is 14.9. The van der Waals surface area contributed by atoms with Crippen LogP contribution in [0.15, 0.2) is 42.7 Å². The van der Waals surface area contributed by atoms with Crippen LogP contribution in [0.1, 0.15) is 6.92 Å². The van der Waals surface area contributed by atoms with Crippen molar-refractivity contribution in [3.8, 4) is 11.1 Å². The highest BCUT2D eigenvalue weighted by Gasteiger charge is 2.00. The van der Waals surface area contributed by atoms with E-state index in [0.717, 1.165) is 16.8 Å². The number of carbonyl (C=O) groups is 1. The van der Waals surface area contributed by atoms with E-state index in [1.807, 2.05) is 24.3 Å². The molecule has 0 aliphatic heterocycles. The minimum Gasteiger partial charge on any atom is -0.326 e. The molecule has 1 amide bonds. The Hall–Kier alpha value is -2.16. The molecule has 0 bridgehead atoms. The lowest BCUT2D eigenvalue weighted by molar-refractivity contribution is -0.114. The van der Waals surface area contributed by atoms with Crippen LogP contribution in [0.4, 0.5) is 5.69 Å². The molecule has 3 heteroatoms. The Morgan fingerprint density at radius 1 is 1.31 bits per heavy atom. The lowest BCUT2D eigenvalue weighted by Gasteiger charge is -2.05. The summed E-state index contributed by atoms with van der Waals surface area (Å²) < 4.78 is 0. The molecular weight excluding hydrogens is 200 g/mol. The van der Waals surface area contributed by atoms with Gasteiger partial charge in [0.2, 0.25) is 5.91 Å². The normalized spacial score (nSPS) is 9.81. The van der Waals surface area contributed by atoms with Gasteiger partial charge in [0.1, 0.15) is 0 Å². The van der Waals surface area contributed by atoms with E-state index in [2.05, 4.69) is 16.4 Å². The molecule has 0 aliphatic rings. The third kappa shape index (κ3) is 2.45. The summed E-state index contributed by atoms with van der Waals surface area (Å²) in [6.45, 7) is 1.49. The molecule has 1 aromatic carbocycles. The zero-order valence-electron chi connectivity index (χ0n) is 8.90. The number of hydrogen-bond acceptors (Lipinski definition) is 2. The SMILES string of the molecule is CC(=O)Nc1cc[c]c(-c2ccncc2)c1. The van der Waals surface area contributed by atoms with Crippen LogP contribution >= 0.6 is 0 Å². The van der Waals surface area contributed by atoms with Gasteiger partial charge < -0.3 is 5.32 Å². The minimum atomic E-state index is -0.0770. The molecule has 3 nitrogen and oxygen atoms in total. The monoisotopic (exact) mass is 211 g/mol. The first-order valence-corrected chi connectivity index (χ1v) is 4.95.